The van der Waals surface area contributed by atoms with Gasteiger partial charge in [-0.25, -0.2) is 4.39 Å². The van der Waals surface area contributed by atoms with Gasteiger partial charge in [0.05, 0.1) is 5.92 Å². The van der Waals surface area contributed by atoms with Crippen LogP contribution in [0.4, 0.5) is 4.39 Å². The van der Waals surface area contributed by atoms with Gasteiger partial charge in [-0.2, -0.15) is 0 Å². The number of carboxylic acids is 1. The summed E-state index contributed by atoms with van der Waals surface area (Å²) >= 11 is 0. The van der Waals surface area contributed by atoms with E-state index in [0.29, 0.717) is 12.0 Å². The predicted molar refractivity (Wildman–Crippen MR) is 51.6 cm³/mol. The van der Waals surface area contributed by atoms with Gasteiger partial charge in [-0.3, -0.25) is 4.79 Å². The van der Waals surface area contributed by atoms with Crippen LogP contribution in [0.5, 0.6) is 0 Å². The van der Waals surface area contributed by atoms with Gasteiger partial charge >= 0.3 is 5.97 Å². The molecular formula is C11H11FO2. The summed E-state index contributed by atoms with van der Waals surface area (Å²) in [5, 5.41) is 8.89. The lowest BCUT2D eigenvalue weighted by Crippen LogP contribution is -2.10. The van der Waals surface area contributed by atoms with Crippen molar-refractivity contribution in [3.8, 4) is 0 Å². The normalized spacial score (nSPS) is 12.1. The van der Waals surface area contributed by atoms with Crippen LogP contribution >= 0.6 is 0 Å². The number of halogens is 1. The zero-order chi connectivity index (χ0) is 10.6. The van der Waals surface area contributed by atoms with Gasteiger partial charge in [0.1, 0.15) is 5.82 Å². The van der Waals surface area contributed by atoms with E-state index in [1.807, 2.05) is 0 Å². The average molecular weight is 194 g/mol. The number of carbonyl (C=O) groups is 1. The third-order valence-electron chi connectivity index (χ3n) is 1.97. The monoisotopic (exact) mass is 194 g/mol. The quantitative estimate of drug-likeness (QED) is 0.748. The van der Waals surface area contributed by atoms with Gasteiger partial charge in [0.25, 0.3) is 0 Å². The molecule has 0 bridgehead atoms. The van der Waals surface area contributed by atoms with Crippen molar-refractivity contribution in [1.82, 2.24) is 0 Å². The van der Waals surface area contributed by atoms with E-state index in [0.717, 1.165) is 0 Å². The lowest BCUT2D eigenvalue weighted by atomic mass is 9.96. The van der Waals surface area contributed by atoms with Gasteiger partial charge in [0.2, 0.25) is 0 Å². The Morgan fingerprint density at radius 3 is 2.50 bits per heavy atom. The Hall–Kier alpha value is -1.64. The molecule has 0 saturated carbocycles. The number of allylic oxidation sites excluding steroid dienone is 1. The minimum atomic E-state index is -0.920. The molecular weight excluding hydrogens is 183 g/mol. The molecule has 1 aromatic carbocycles. The summed E-state index contributed by atoms with van der Waals surface area (Å²) in [5.74, 6) is -1.92. The summed E-state index contributed by atoms with van der Waals surface area (Å²) in [4.78, 5) is 10.8. The zero-order valence-electron chi connectivity index (χ0n) is 7.61. The minimum absolute atomic E-state index is 0.348. The average Bonchev–Trinajstić information content (AvgIpc) is 2.15. The Labute approximate surface area is 81.7 Å². The third kappa shape index (κ3) is 2.42. The maximum absolute atomic E-state index is 12.6. The first-order chi connectivity index (χ1) is 6.65. The Kier molecular flexibility index (Phi) is 3.40. The van der Waals surface area contributed by atoms with Crippen LogP contribution in [0.25, 0.3) is 0 Å². The van der Waals surface area contributed by atoms with E-state index in [-0.39, 0.29) is 5.82 Å². The SMILES string of the molecule is C=CC[C@H](C(=O)O)c1ccc(F)cc1. The molecule has 0 aliphatic carbocycles. The summed E-state index contributed by atoms with van der Waals surface area (Å²) in [6.45, 7) is 3.49. The maximum Gasteiger partial charge on any atom is 0.311 e. The van der Waals surface area contributed by atoms with Gasteiger partial charge in [-0.1, -0.05) is 18.2 Å². The van der Waals surface area contributed by atoms with Crippen LogP contribution < -0.4 is 0 Å². The van der Waals surface area contributed by atoms with E-state index in [1.165, 1.54) is 24.3 Å². The van der Waals surface area contributed by atoms with Crippen LogP contribution in [0, 0.1) is 5.82 Å². The molecule has 74 valence electrons. The van der Waals surface area contributed by atoms with Crippen molar-refractivity contribution in [3.05, 3.63) is 48.3 Å². The number of benzene rings is 1. The maximum atomic E-state index is 12.6. The predicted octanol–water partition coefficient (Wildman–Crippen LogP) is 2.57. The highest BCUT2D eigenvalue weighted by Gasteiger charge is 2.17. The summed E-state index contributed by atoms with van der Waals surface area (Å²) in [6.07, 6.45) is 1.89. The van der Waals surface area contributed by atoms with Crippen molar-refractivity contribution >= 4 is 5.97 Å². The van der Waals surface area contributed by atoms with Crippen LogP contribution in [0.1, 0.15) is 17.9 Å². The van der Waals surface area contributed by atoms with Crippen molar-refractivity contribution in [2.45, 2.75) is 12.3 Å². The molecule has 1 aromatic rings. The third-order valence-corrected chi connectivity index (χ3v) is 1.97. The Morgan fingerprint density at radius 1 is 1.50 bits per heavy atom. The molecule has 0 aliphatic heterocycles. The first-order valence-corrected chi connectivity index (χ1v) is 4.24. The number of hydrogen-bond donors (Lipinski definition) is 1. The van der Waals surface area contributed by atoms with Crippen LogP contribution in [0.15, 0.2) is 36.9 Å². The first kappa shape index (κ1) is 10.4. The molecule has 0 radical (unpaired) electrons. The molecule has 1 rings (SSSR count). The highest BCUT2D eigenvalue weighted by molar-refractivity contribution is 5.76. The van der Waals surface area contributed by atoms with Gasteiger partial charge in [0, 0.05) is 0 Å². The molecule has 0 fully saturated rings. The lowest BCUT2D eigenvalue weighted by molar-refractivity contribution is -0.138. The molecule has 0 unspecified atom stereocenters. The standard InChI is InChI=1S/C11H11FO2/c1-2-3-10(11(13)14)8-4-6-9(12)7-5-8/h2,4-7,10H,1,3H2,(H,13,14)/t10-/m0/s1. The van der Waals surface area contributed by atoms with Gasteiger partial charge in [-0.15, -0.1) is 6.58 Å². The lowest BCUT2D eigenvalue weighted by Gasteiger charge is -2.09. The number of hydrogen-bond acceptors (Lipinski definition) is 1. The van der Waals surface area contributed by atoms with Crippen molar-refractivity contribution in [2.24, 2.45) is 0 Å². The molecule has 1 N–H and O–H groups in total. The summed E-state index contributed by atoms with van der Waals surface area (Å²) < 4.78 is 12.6. The Bertz CT molecular complexity index is 330. The van der Waals surface area contributed by atoms with E-state index < -0.39 is 11.9 Å². The summed E-state index contributed by atoms with van der Waals surface area (Å²) in [6, 6.07) is 5.48. The van der Waals surface area contributed by atoms with E-state index in [9.17, 15) is 9.18 Å². The van der Waals surface area contributed by atoms with E-state index in [4.69, 9.17) is 5.11 Å². The van der Waals surface area contributed by atoms with E-state index >= 15 is 0 Å². The van der Waals surface area contributed by atoms with Crippen molar-refractivity contribution in [1.29, 1.82) is 0 Å². The van der Waals surface area contributed by atoms with Crippen LogP contribution in [0.2, 0.25) is 0 Å². The number of rotatable bonds is 4. The van der Waals surface area contributed by atoms with Crippen molar-refractivity contribution in [2.75, 3.05) is 0 Å². The van der Waals surface area contributed by atoms with Gasteiger partial charge in [0.15, 0.2) is 0 Å². The molecule has 0 heterocycles. The second kappa shape index (κ2) is 4.56. The zero-order valence-corrected chi connectivity index (χ0v) is 7.61. The van der Waals surface area contributed by atoms with Crippen molar-refractivity contribution < 1.29 is 14.3 Å². The molecule has 0 saturated heterocycles. The minimum Gasteiger partial charge on any atom is -0.481 e. The molecule has 14 heavy (non-hydrogen) atoms. The molecule has 0 spiro atoms. The van der Waals surface area contributed by atoms with Gasteiger partial charge in [-0.05, 0) is 24.1 Å². The highest BCUT2D eigenvalue weighted by atomic mass is 19.1. The fourth-order valence-corrected chi connectivity index (χ4v) is 1.24. The smallest absolute Gasteiger partial charge is 0.311 e. The number of carboxylic acid groups (broad SMARTS) is 1. The first-order valence-electron chi connectivity index (χ1n) is 4.24. The summed E-state index contributed by atoms with van der Waals surface area (Å²) in [7, 11) is 0. The fraction of sp³-hybridized carbons (Fsp3) is 0.182. The highest BCUT2D eigenvalue weighted by Crippen LogP contribution is 2.20. The molecule has 3 heteroatoms. The van der Waals surface area contributed by atoms with Gasteiger partial charge < -0.3 is 5.11 Å². The van der Waals surface area contributed by atoms with E-state index in [1.54, 1.807) is 6.08 Å². The molecule has 2 nitrogen and oxygen atoms in total. The molecule has 0 aliphatic rings. The Morgan fingerprint density at radius 2 is 2.07 bits per heavy atom. The second-order valence-corrected chi connectivity index (χ2v) is 2.97. The van der Waals surface area contributed by atoms with E-state index in [2.05, 4.69) is 6.58 Å². The number of aliphatic carboxylic acids is 1. The molecule has 0 aromatic heterocycles. The summed E-state index contributed by atoms with van der Waals surface area (Å²) in [5.41, 5.74) is 0.596. The molecule has 1 atom stereocenters. The van der Waals surface area contributed by atoms with Crippen LogP contribution in [0.3, 0.4) is 0 Å². The van der Waals surface area contributed by atoms with Crippen molar-refractivity contribution in [3.63, 3.8) is 0 Å². The fourth-order valence-electron chi connectivity index (χ4n) is 1.24. The largest absolute Gasteiger partial charge is 0.481 e. The van der Waals surface area contributed by atoms with Crippen LogP contribution in [-0.4, -0.2) is 11.1 Å². The second-order valence-electron chi connectivity index (χ2n) is 2.97. The Balaban J connectivity index is 2.93. The topological polar surface area (TPSA) is 37.3 Å². The van der Waals surface area contributed by atoms with Crippen LogP contribution in [-0.2, 0) is 4.79 Å². The molecule has 0 amide bonds.